The number of anilines is 1. The van der Waals surface area contributed by atoms with E-state index in [1.807, 2.05) is 25.1 Å². The zero-order chi connectivity index (χ0) is 16.1. The highest BCUT2D eigenvalue weighted by atomic mass is 16.6. The third-order valence-corrected chi connectivity index (χ3v) is 4.63. The van der Waals surface area contributed by atoms with Crippen LogP contribution in [0.15, 0.2) is 18.2 Å². The third kappa shape index (κ3) is 4.16. The minimum Gasteiger partial charge on any atom is -0.486 e. The van der Waals surface area contributed by atoms with Crippen molar-refractivity contribution in [1.82, 2.24) is 4.90 Å². The molecule has 126 valence electrons. The maximum Gasteiger partial charge on any atom is 0.241 e. The van der Waals surface area contributed by atoms with Crippen LogP contribution in [0.5, 0.6) is 11.5 Å². The molecule has 0 bridgehead atoms. The number of nitrogens with one attached hydrogen (secondary N) is 1. The summed E-state index contributed by atoms with van der Waals surface area (Å²) in [5, 5.41) is 3.01. The predicted octanol–water partition coefficient (Wildman–Crippen LogP) is 3.05. The number of likely N-dealkylation sites (tertiary alicyclic amines) is 1. The van der Waals surface area contributed by atoms with Gasteiger partial charge in [0.15, 0.2) is 11.5 Å². The van der Waals surface area contributed by atoms with E-state index in [1.54, 1.807) is 0 Å². The largest absolute Gasteiger partial charge is 0.486 e. The van der Waals surface area contributed by atoms with Crippen molar-refractivity contribution in [2.75, 3.05) is 31.6 Å². The first-order valence-corrected chi connectivity index (χ1v) is 8.68. The Morgan fingerprint density at radius 1 is 1.04 bits per heavy atom. The van der Waals surface area contributed by atoms with Crippen LogP contribution in [0.4, 0.5) is 5.69 Å². The Bertz CT molecular complexity index is 539. The van der Waals surface area contributed by atoms with Crippen LogP contribution in [0.1, 0.15) is 39.0 Å². The molecule has 1 amide bonds. The van der Waals surface area contributed by atoms with E-state index in [9.17, 15) is 4.79 Å². The van der Waals surface area contributed by atoms with Gasteiger partial charge < -0.3 is 14.8 Å². The third-order valence-electron chi connectivity index (χ3n) is 4.63. The standard InChI is InChI=1S/C18H26N2O3/c1-14(20-9-5-3-2-4-6-10-20)18(21)19-15-7-8-16-17(13-15)23-12-11-22-16/h7-8,13-14H,2-6,9-12H2,1H3,(H,19,21)/t14-/m1/s1. The second-order valence-corrected chi connectivity index (χ2v) is 6.33. The number of nitrogens with zero attached hydrogens (tertiary/aromatic N) is 1. The lowest BCUT2D eigenvalue weighted by Gasteiger charge is -2.29. The molecule has 2 aliphatic heterocycles. The van der Waals surface area contributed by atoms with Gasteiger partial charge in [-0.3, -0.25) is 9.69 Å². The van der Waals surface area contributed by atoms with E-state index in [0.717, 1.165) is 24.5 Å². The second kappa shape index (κ2) is 7.68. The summed E-state index contributed by atoms with van der Waals surface area (Å²) in [4.78, 5) is 14.9. The molecule has 1 saturated heterocycles. The SMILES string of the molecule is C[C@H](C(=O)Nc1ccc2c(c1)OCCO2)N1CCCCCCC1. The summed E-state index contributed by atoms with van der Waals surface area (Å²) < 4.78 is 11.1. The molecule has 0 spiro atoms. The fraction of sp³-hybridized carbons (Fsp3) is 0.611. The number of fused-ring (bicyclic) bond motifs is 1. The molecule has 0 saturated carbocycles. The molecule has 1 aromatic carbocycles. The minimum atomic E-state index is -0.110. The van der Waals surface area contributed by atoms with Crippen LogP contribution in [-0.4, -0.2) is 43.2 Å². The summed E-state index contributed by atoms with van der Waals surface area (Å²) in [5.74, 6) is 1.49. The Kier molecular flexibility index (Phi) is 5.39. The highest BCUT2D eigenvalue weighted by Crippen LogP contribution is 2.32. The van der Waals surface area contributed by atoms with Crippen molar-refractivity contribution >= 4 is 11.6 Å². The van der Waals surface area contributed by atoms with Gasteiger partial charge in [-0.2, -0.15) is 0 Å². The van der Waals surface area contributed by atoms with E-state index in [0.29, 0.717) is 19.0 Å². The quantitative estimate of drug-likeness (QED) is 0.930. The number of hydrogen-bond acceptors (Lipinski definition) is 4. The molecule has 0 radical (unpaired) electrons. The molecule has 2 aliphatic rings. The first-order chi connectivity index (χ1) is 11.2. The maximum atomic E-state index is 12.6. The van der Waals surface area contributed by atoms with E-state index in [2.05, 4.69) is 10.2 Å². The van der Waals surface area contributed by atoms with Gasteiger partial charge >= 0.3 is 0 Å². The summed E-state index contributed by atoms with van der Waals surface area (Å²) in [6.45, 7) is 5.14. The van der Waals surface area contributed by atoms with Gasteiger partial charge in [0, 0.05) is 11.8 Å². The zero-order valence-electron chi connectivity index (χ0n) is 13.8. The lowest BCUT2D eigenvalue weighted by molar-refractivity contribution is -0.120. The van der Waals surface area contributed by atoms with E-state index < -0.39 is 0 Å². The molecule has 3 rings (SSSR count). The van der Waals surface area contributed by atoms with Gasteiger partial charge in [0.25, 0.3) is 0 Å². The predicted molar refractivity (Wildman–Crippen MR) is 90.2 cm³/mol. The monoisotopic (exact) mass is 318 g/mol. The number of amides is 1. The molecule has 1 atom stereocenters. The van der Waals surface area contributed by atoms with Crippen molar-refractivity contribution in [2.24, 2.45) is 0 Å². The van der Waals surface area contributed by atoms with E-state index >= 15 is 0 Å². The number of rotatable bonds is 3. The van der Waals surface area contributed by atoms with Crippen LogP contribution in [0.25, 0.3) is 0 Å². The Morgan fingerprint density at radius 3 is 2.43 bits per heavy atom. The fourth-order valence-electron chi connectivity index (χ4n) is 3.19. The Balaban J connectivity index is 1.61. The molecular formula is C18H26N2O3. The van der Waals surface area contributed by atoms with Crippen LogP contribution < -0.4 is 14.8 Å². The molecule has 0 aromatic heterocycles. The molecule has 5 heteroatoms. The van der Waals surface area contributed by atoms with Crippen molar-refractivity contribution < 1.29 is 14.3 Å². The van der Waals surface area contributed by atoms with E-state index in [-0.39, 0.29) is 11.9 Å². The van der Waals surface area contributed by atoms with Gasteiger partial charge in [0.05, 0.1) is 6.04 Å². The molecule has 2 heterocycles. The first-order valence-electron chi connectivity index (χ1n) is 8.68. The van der Waals surface area contributed by atoms with Crippen molar-refractivity contribution in [1.29, 1.82) is 0 Å². The number of hydrogen-bond donors (Lipinski definition) is 1. The van der Waals surface area contributed by atoms with Gasteiger partial charge in [-0.1, -0.05) is 19.3 Å². The molecule has 1 N–H and O–H groups in total. The number of ether oxygens (including phenoxy) is 2. The first kappa shape index (κ1) is 16.1. The summed E-state index contributed by atoms with van der Waals surface area (Å²) in [6.07, 6.45) is 6.23. The van der Waals surface area contributed by atoms with Crippen molar-refractivity contribution in [3.8, 4) is 11.5 Å². The number of carbonyl (C=O) groups is 1. The van der Waals surface area contributed by atoms with Crippen LogP contribution in [0.2, 0.25) is 0 Å². The second-order valence-electron chi connectivity index (χ2n) is 6.33. The van der Waals surface area contributed by atoms with Crippen LogP contribution in [0, 0.1) is 0 Å². The lowest BCUT2D eigenvalue weighted by atomic mass is 10.1. The Hall–Kier alpha value is -1.75. The Morgan fingerprint density at radius 2 is 1.70 bits per heavy atom. The molecule has 23 heavy (non-hydrogen) atoms. The molecule has 0 unspecified atom stereocenters. The molecule has 5 nitrogen and oxygen atoms in total. The molecule has 1 fully saturated rings. The smallest absolute Gasteiger partial charge is 0.241 e. The van der Waals surface area contributed by atoms with Crippen LogP contribution in [-0.2, 0) is 4.79 Å². The molecule has 0 aliphatic carbocycles. The summed E-state index contributed by atoms with van der Waals surface area (Å²) >= 11 is 0. The van der Waals surface area contributed by atoms with E-state index in [1.165, 1.54) is 32.1 Å². The highest BCUT2D eigenvalue weighted by molar-refractivity contribution is 5.94. The van der Waals surface area contributed by atoms with Gasteiger partial charge in [-0.25, -0.2) is 0 Å². The van der Waals surface area contributed by atoms with Crippen molar-refractivity contribution in [3.63, 3.8) is 0 Å². The van der Waals surface area contributed by atoms with Crippen molar-refractivity contribution in [2.45, 2.75) is 45.1 Å². The van der Waals surface area contributed by atoms with Gasteiger partial charge in [-0.15, -0.1) is 0 Å². The van der Waals surface area contributed by atoms with Gasteiger partial charge in [-0.05, 0) is 45.0 Å². The maximum absolute atomic E-state index is 12.6. The van der Waals surface area contributed by atoms with Crippen molar-refractivity contribution in [3.05, 3.63) is 18.2 Å². The normalized spacial score (nSPS) is 20.2. The summed E-state index contributed by atoms with van der Waals surface area (Å²) in [6, 6.07) is 5.45. The fourth-order valence-corrected chi connectivity index (χ4v) is 3.19. The summed E-state index contributed by atoms with van der Waals surface area (Å²) in [7, 11) is 0. The average molecular weight is 318 g/mol. The highest BCUT2D eigenvalue weighted by Gasteiger charge is 2.22. The minimum absolute atomic E-state index is 0.0438. The average Bonchev–Trinajstić information content (AvgIpc) is 2.54. The molecular weight excluding hydrogens is 292 g/mol. The summed E-state index contributed by atoms with van der Waals surface area (Å²) in [5.41, 5.74) is 0.762. The van der Waals surface area contributed by atoms with Gasteiger partial charge in [0.2, 0.25) is 5.91 Å². The topological polar surface area (TPSA) is 50.8 Å². The molecule has 1 aromatic rings. The van der Waals surface area contributed by atoms with E-state index in [4.69, 9.17) is 9.47 Å². The van der Waals surface area contributed by atoms with Crippen LogP contribution in [0.3, 0.4) is 0 Å². The van der Waals surface area contributed by atoms with Gasteiger partial charge in [0.1, 0.15) is 13.2 Å². The van der Waals surface area contributed by atoms with Crippen LogP contribution >= 0.6 is 0 Å². The lowest BCUT2D eigenvalue weighted by Crippen LogP contribution is -2.43. The zero-order valence-corrected chi connectivity index (χ0v) is 13.8. The number of benzene rings is 1. The Labute approximate surface area is 137 Å². The number of carbonyl (C=O) groups excluding carboxylic acids is 1.